The fourth-order valence-corrected chi connectivity index (χ4v) is 2.18. The van der Waals surface area contributed by atoms with Gasteiger partial charge in [0.2, 0.25) is 0 Å². The molecule has 0 radical (unpaired) electrons. The lowest BCUT2D eigenvalue weighted by Gasteiger charge is -2.36. The van der Waals surface area contributed by atoms with E-state index in [1.165, 1.54) is 0 Å². The summed E-state index contributed by atoms with van der Waals surface area (Å²) in [7, 11) is 0. The van der Waals surface area contributed by atoms with Crippen molar-refractivity contribution in [1.82, 2.24) is 0 Å². The third-order valence-corrected chi connectivity index (χ3v) is 3.09. The predicted molar refractivity (Wildman–Crippen MR) is 72.8 cm³/mol. The molecular formula is C14H20N2O2. The molecule has 4 nitrogen and oxygen atoms in total. The molecule has 1 atom stereocenters. The maximum atomic E-state index is 12.4. The average Bonchev–Trinajstić information content (AvgIpc) is 2.32. The molecule has 1 aromatic rings. The lowest BCUT2D eigenvalue weighted by atomic mass is 10.0. The number of fused-ring (bicyclic) bond motifs is 1. The van der Waals surface area contributed by atoms with E-state index < -0.39 is 6.10 Å². The monoisotopic (exact) mass is 248 g/mol. The SMILES string of the molecule is CCCN1C(=O)C(C(C)C)Oc2ccc(N)cc21. The average molecular weight is 248 g/mol. The number of carbonyl (C=O) groups excluding carboxylic acids is 1. The van der Waals surface area contributed by atoms with E-state index in [0.717, 1.165) is 17.9 Å². The summed E-state index contributed by atoms with van der Waals surface area (Å²) >= 11 is 0. The zero-order chi connectivity index (χ0) is 13.3. The maximum absolute atomic E-state index is 12.4. The van der Waals surface area contributed by atoms with Crippen molar-refractivity contribution in [3.63, 3.8) is 0 Å². The van der Waals surface area contributed by atoms with E-state index in [0.29, 0.717) is 12.2 Å². The van der Waals surface area contributed by atoms with Crippen LogP contribution in [0.3, 0.4) is 0 Å². The van der Waals surface area contributed by atoms with Crippen LogP contribution in [0.25, 0.3) is 0 Å². The number of rotatable bonds is 3. The normalized spacial score (nSPS) is 18.8. The van der Waals surface area contributed by atoms with E-state index in [9.17, 15) is 4.79 Å². The van der Waals surface area contributed by atoms with E-state index in [1.54, 1.807) is 17.0 Å². The van der Waals surface area contributed by atoms with Gasteiger partial charge in [0.25, 0.3) is 5.91 Å². The number of carbonyl (C=O) groups is 1. The molecule has 0 aromatic heterocycles. The van der Waals surface area contributed by atoms with Gasteiger partial charge in [-0.05, 0) is 30.5 Å². The van der Waals surface area contributed by atoms with E-state index in [1.807, 2.05) is 19.9 Å². The van der Waals surface area contributed by atoms with E-state index in [4.69, 9.17) is 10.5 Å². The standard InChI is InChI=1S/C14H20N2O2/c1-4-7-16-11-8-10(15)5-6-12(11)18-13(9(2)3)14(16)17/h5-6,8-9,13H,4,7,15H2,1-3H3. The molecule has 0 aliphatic carbocycles. The number of hydrogen-bond donors (Lipinski definition) is 1. The molecule has 1 aliphatic rings. The lowest BCUT2D eigenvalue weighted by molar-refractivity contribution is -0.128. The summed E-state index contributed by atoms with van der Waals surface area (Å²) in [5.74, 6) is 0.934. The van der Waals surface area contributed by atoms with Crippen molar-refractivity contribution in [2.24, 2.45) is 5.92 Å². The van der Waals surface area contributed by atoms with Crippen LogP contribution in [0.1, 0.15) is 27.2 Å². The summed E-state index contributed by atoms with van der Waals surface area (Å²) in [6, 6.07) is 5.45. The first kappa shape index (κ1) is 12.7. The number of anilines is 2. The summed E-state index contributed by atoms with van der Waals surface area (Å²) in [5, 5.41) is 0. The lowest BCUT2D eigenvalue weighted by Crippen LogP contribution is -2.48. The van der Waals surface area contributed by atoms with E-state index in [2.05, 4.69) is 6.92 Å². The van der Waals surface area contributed by atoms with Crippen LogP contribution in [0.15, 0.2) is 18.2 Å². The van der Waals surface area contributed by atoms with Crippen LogP contribution < -0.4 is 15.4 Å². The highest BCUT2D eigenvalue weighted by atomic mass is 16.5. The van der Waals surface area contributed by atoms with Gasteiger partial charge in [-0.1, -0.05) is 20.8 Å². The Labute approximate surface area is 108 Å². The first-order valence-electron chi connectivity index (χ1n) is 6.42. The fraction of sp³-hybridized carbons (Fsp3) is 0.500. The Balaban J connectivity index is 2.44. The molecule has 1 aromatic carbocycles. The molecule has 0 saturated heterocycles. The Hall–Kier alpha value is -1.71. The van der Waals surface area contributed by atoms with Crippen molar-refractivity contribution in [1.29, 1.82) is 0 Å². The van der Waals surface area contributed by atoms with Crippen molar-refractivity contribution in [2.75, 3.05) is 17.2 Å². The Morgan fingerprint density at radius 2 is 2.17 bits per heavy atom. The second-order valence-corrected chi connectivity index (χ2v) is 5.00. The number of ether oxygens (including phenoxy) is 1. The van der Waals surface area contributed by atoms with Gasteiger partial charge in [0.05, 0.1) is 5.69 Å². The van der Waals surface area contributed by atoms with Crippen LogP contribution in [-0.4, -0.2) is 18.6 Å². The van der Waals surface area contributed by atoms with Crippen LogP contribution in [0, 0.1) is 5.92 Å². The van der Waals surface area contributed by atoms with Gasteiger partial charge in [0.15, 0.2) is 6.10 Å². The summed E-state index contributed by atoms with van der Waals surface area (Å²) in [4.78, 5) is 14.2. The first-order valence-corrected chi connectivity index (χ1v) is 6.42. The Bertz CT molecular complexity index is 457. The molecule has 2 rings (SSSR count). The third kappa shape index (κ3) is 2.15. The minimum Gasteiger partial charge on any atom is -0.478 e. The minimum atomic E-state index is -0.396. The second kappa shape index (κ2) is 4.88. The smallest absolute Gasteiger partial charge is 0.268 e. The quantitative estimate of drug-likeness (QED) is 0.836. The van der Waals surface area contributed by atoms with Crippen molar-refractivity contribution in [3.05, 3.63) is 18.2 Å². The van der Waals surface area contributed by atoms with Crippen LogP contribution in [0.5, 0.6) is 5.75 Å². The molecule has 1 amide bonds. The number of hydrogen-bond acceptors (Lipinski definition) is 3. The Kier molecular flexibility index (Phi) is 3.45. The fourth-order valence-electron chi connectivity index (χ4n) is 2.18. The number of nitrogens with two attached hydrogens (primary N) is 1. The van der Waals surface area contributed by atoms with Gasteiger partial charge in [-0.25, -0.2) is 0 Å². The largest absolute Gasteiger partial charge is 0.478 e. The van der Waals surface area contributed by atoms with Crippen LogP contribution in [-0.2, 0) is 4.79 Å². The van der Waals surface area contributed by atoms with Gasteiger partial charge >= 0.3 is 0 Å². The number of nitrogens with zero attached hydrogens (tertiary/aromatic N) is 1. The maximum Gasteiger partial charge on any atom is 0.268 e. The van der Waals surface area contributed by atoms with Crippen molar-refractivity contribution >= 4 is 17.3 Å². The second-order valence-electron chi connectivity index (χ2n) is 5.00. The highest BCUT2D eigenvalue weighted by Crippen LogP contribution is 2.37. The molecule has 0 bridgehead atoms. The molecule has 18 heavy (non-hydrogen) atoms. The van der Waals surface area contributed by atoms with Crippen molar-refractivity contribution < 1.29 is 9.53 Å². The molecule has 0 spiro atoms. The van der Waals surface area contributed by atoms with Gasteiger partial charge in [-0.2, -0.15) is 0 Å². The molecule has 0 fully saturated rings. The zero-order valence-electron chi connectivity index (χ0n) is 11.1. The predicted octanol–water partition coefficient (Wildman–Crippen LogP) is 2.43. The van der Waals surface area contributed by atoms with Gasteiger partial charge in [-0.3, -0.25) is 4.79 Å². The topological polar surface area (TPSA) is 55.6 Å². The van der Waals surface area contributed by atoms with Gasteiger partial charge in [-0.15, -0.1) is 0 Å². The molecule has 1 aliphatic heterocycles. The Morgan fingerprint density at radius 1 is 1.44 bits per heavy atom. The minimum absolute atomic E-state index is 0.0324. The van der Waals surface area contributed by atoms with Crippen molar-refractivity contribution in [3.8, 4) is 5.75 Å². The van der Waals surface area contributed by atoms with Gasteiger partial charge in [0.1, 0.15) is 5.75 Å². The highest BCUT2D eigenvalue weighted by molar-refractivity contribution is 6.00. The molecule has 4 heteroatoms. The molecule has 98 valence electrons. The summed E-state index contributed by atoms with van der Waals surface area (Å²) in [5.41, 5.74) is 7.22. The first-order chi connectivity index (χ1) is 8.54. The van der Waals surface area contributed by atoms with Crippen LogP contribution in [0.4, 0.5) is 11.4 Å². The van der Waals surface area contributed by atoms with Crippen LogP contribution >= 0.6 is 0 Å². The van der Waals surface area contributed by atoms with Gasteiger partial charge < -0.3 is 15.4 Å². The summed E-state index contributed by atoms with van der Waals surface area (Å²) < 4.78 is 5.79. The van der Waals surface area contributed by atoms with Crippen LogP contribution in [0.2, 0.25) is 0 Å². The van der Waals surface area contributed by atoms with Crippen molar-refractivity contribution in [2.45, 2.75) is 33.3 Å². The molecule has 0 saturated carbocycles. The number of nitrogen functional groups attached to an aromatic ring is 1. The summed E-state index contributed by atoms with van der Waals surface area (Å²) in [6.07, 6.45) is 0.512. The molecule has 1 heterocycles. The van der Waals surface area contributed by atoms with Gasteiger partial charge in [0, 0.05) is 12.2 Å². The molecular weight excluding hydrogens is 228 g/mol. The van der Waals surface area contributed by atoms with E-state index in [-0.39, 0.29) is 11.8 Å². The molecule has 2 N–H and O–H groups in total. The number of amides is 1. The Morgan fingerprint density at radius 3 is 2.78 bits per heavy atom. The highest BCUT2D eigenvalue weighted by Gasteiger charge is 2.35. The van der Waals surface area contributed by atoms with E-state index >= 15 is 0 Å². The molecule has 1 unspecified atom stereocenters. The number of benzene rings is 1. The summed E-state index contributed by atoms with van der Waals surface area (Å²) in [6.45, 7) is 6.74. The third-order valence-electron chi connectivity index (χ3n) is 3.09. The zero-order valence-corrected chi connectivity index (χ0v) is 11.1.